The predicted molar refractivity (Wildman–Crippen MR) is 57.7 cm³/mol. The summed E-state index contributed by atoms with van der Waals surface area (Å²) in [7, 11) is 0. The van der Waals surface area contributed by atoms with Crippen LogP contribution < -0.4 is 0 Å². The second-order valence-electron chi connectivity index (χ2n) is 3.97. The molecule has 1 saturated heterocycles. The average molecular weight is 194 g/mol. The molecule has 0 spiro atoms. The van der Waals surface area contributed by atoms with E-state index in [1.807, 2.05) is 0 Å². The first-order valence-electron chi connectivity index (χ1n) is 5.38. The fraction of sp³-hybridized carbons (Fsp3) is 0.727. The Balaban J connectivity index is 1.87. The summed E-state index contributed by atoms with van der Waals surface area (Å²) >= 11 is 0. The van der Waals surface area contributed by atoms with Gasteiger partial charge in [-0.2, -0.15) is 0 Å². The lowest BCUT2D eigenvalue weighted by atomic mass is 10.1. The quantitative estimate of drug-likeness (QED) is 0.664. The lowest BCUT2D eigenvalue weighted by Crippen LogP contribution is -2.37. The van der Waals surface area contributed by atoms with Crippen molar-refractivity contribution >= 4 is 5.71 Å². The molecule has 14 heavy (non-hydrogen) atoms. The molecule has 0 atom stereocenters. The first-order valence-corrected chi connectivity index (χ1v) is 5.38. The summed E-state index contributed by atoms with van der Waals surface area (Å²) < 4.78 is 5.31. The molecule has 0 aromatic carbocycles. The van der Waals surface area contributed by atoms with E-state index in [0.717, 1.165) is 45.7 Å². The fourth-order valence-electron chi connectivity index (χ4n) is 1.88. The van der Waals surface area contributed by atoms with Gasteiger partial charge >= 0.3 is 0 Å². The van der Waals surface area contributed by atoms with Crippen LogP contribution >= 0.6 is 0 Å². The van der Waals surface area contributed by atoms with Crippen molar-refractivity contribution in [2.45, 2.75) is 19.8 Å². The summed E-state index contributed by atoms with van der Waals surface area (Å²) in [4.78, 5) is 6.99. The SMILES string of the molecule is CC1=NC(CN2CCOCC2)=CCC1. The molecule has 2 heterocycles. The molecule has 0 aliphatic carbocycles. The van der Waals surface area contributed by atoms with Gasteiger partial charge in [-0.25, -0.2) is 0 Å². The van der Waals surface area contributed by atoms with Gasteiger partial charge in [0.05, 0.1) is 18.9 Å². The largest absolute Gasteiger partial charge is 0.379 e. The highest BCUT2D eigenvalue weighted by atomic mass is 16.5. The molecule has 0 bridgehead atoms. The van der Waals surface area contributed by atoms with Crippen LogP contribution in [0.5, 0.6) is 0 Å². The number of hydrogen-bond acceptors (Lipinski definition) is 3. The normalized spacial score (nSPS) is 24.4. The zero-order valence-corrected chi connectivity index (χ0v) is 8.83. The topological polar surface area (TPSA) is 24.8 Å². The highest BCUT2D eigenvalue weighted by Crippen LogP contribution is 2.12. The number of aliphatic imine (C=N–C) groups is 1. The van der Waals surface area contributed by atoms with Crippen LogP contribution in [0.15, 0.2) is 16.8 Å². The highest BCUT2D eigenvalue weighted by Gasteiger charge is 2.12. The van der Waals surface area contributed by atoms with Crippen LogP contribution in [-0.2, 0) is 4.74 Å². The van der Waals surface area contributed by atoms with Crippen molar-refractivity contribution in [2.75, 3.05) is 32.8 Å². The number of rotatable bonds is 2. The molecule has 0 saturated carbocycles. The number of hydrogen-bond donors (Lipinski definition) is 0. The summed E-state index contributed by atoms with van der Waals surface area (Å²) in [6.45, 7) is 6.96. The minimum absolute atomic E-state index is 0.871. The van der Waals surface area contributed by atoms with Crippen molar-refractivity contribution in [1.29, 1.82) is 0 Å². The second kappa shape index (κ2) is 4.71. The Morgan fingerprint density at radius 1 is 1.43 bits per heavy atom. The summed E-state index contributed by atoms with van der Waals surface area (Å²) in [6.07, 6.45) is 4.56. The number of nitrogens with zero attached hydrogens (tertiary/aromatic N) is 2. The maximum Gasteiger partial charge on any atom is 0.0594 e. The van der Waals surface area contributed by atoms with Gasteiger partial charge in [0.15, 0.2) is 0 Å². The van der Waals surface area contributed by atoms with Crippen LogP contribution in [0.25, 0.3) is 0 Å². The van der Waals surface area contributed by atoms with Gasteiger partial charge in [0, 0.05) is 25.3 Å². The summed E-state index contributed by atoms with van der Waals surface area (Å²) in [5.74, 6) is 0. The number of allylic oxidation sites excluding steroid dienone is 1. The van der Waals surface area contributed by atoms with Crippen molar-refractivity contribution in [1.82, 2.24) is 4.90 Å². The minimum Gasteiger partial charge on any atom is -0.379 e. The Hall–Kier alpha value is -0.670. The zero-order chi connectivity index (χ0) is 9.80. The highest BCUT2D eigenvalue weighted by molar-refractivity contribution is 5.83. The molecule has 3 heteroatoms. The average Bonchev–Trinajstić information content (AvgIpc) is 2.19. The Morgan fingerprint density at radius 3 is 2.93 bits per heavy atom. The van der Waals surface area contributed by atoms with E-state index in [4.69, 9.17) is 4.74 Å². The van der Waals surface area contributed by atoms with E-state index in [1.54, 1.807) is 0 Å². The lowest BCUT2D eigenvalue weighted by molar-refractivity contribution is 0.0421. The van der Waals surface area contributed by atoms with Crippen molar-refractivity contribution < 1.29 is 4.74 Å². The molecule has 0 N–H and O–H groups in total. The minimum atomic E-state index is 0.871. The smallest absolute Gasteiger partial charge is 0.0594 e. The van der Waals surface area contributed by atoms with Gasteiger partial charge in [-0.1, -0.05) is 6.08 Å². The first-order chi connectivity index (χ1) is 6.84. The third kappa shape index (κ3) is 2.66. The van der Waals surface area contributed by atoms with Crippen molar-refractivity contribution in [3.63, 3.8) is 0 Å². The Bertz CT molecular complexity index is 252. The van der Waals surface area contributed by atoms with E-state index in [1.165, 1.54) is 11.4 Å². The monoisotopic (exact) mass is 194 g/mol. The molecule has 3 nitrogen and oxygen atoms in total. The molecule has 0 aromatic heterocycles. The van der Waals surface area contributed by atoms with E-state index in [-0.39, 0.29) is 0 Å². The van der Waals surface area contributed by atoms with E-state index < -0.39 is 0 Å². The van der Waals surface area contributed by atoms with Crippen LogP contribution in [0.3, 0.4) is 0 Å². The molecule has 0 radical (unpaired) electrons. The molecule has 78 valence electrons. The molecule has 2 aliphatic heterocycles. The van der Waals surface area contributed by atoms with Gasteiger partial charge in [0.25, 0.3) is 0 Å². The molecular formula is C11H18N2O. The number of ether oxygens (including phenoxy) is 1. The van der Waals surface area contributed by atoms with Crippen LogP contribution in [0.4, 0.5) is 0 Å². The van der Waals surface area contributed by atoms with E-state index >= 15 is 0 Å². The molecule has 1 fully saturated rings. The number of morpholine rings is 1. The molecule has 0 aromatic rings. The molecule has 2 rings (SSSR count). The maximum atomic E-state index is 5.31. The molecular weight excluding hydrogens is 176 g/mol. The second-order valence-corrected chi connectivity index (χ2v) is 3.97. The van der Waals surface area contributed by atoms with Gasteiger partial charge < -0.3 is 4.74 Å². The fourth-order valence-corrected chi connectivity index (χ4v) is 1.88. The standard InChI is InChI=1S/C11H18N2O/c1-10-3-2-4-11(12-10)9-13-5-7-14-8-6-13/h4H,2-3,5-9H2,1H3. The lowest BCUT2D eigenvalue weighted by Gasteiger charge is -2.27. The van der Waals surface area contributed by atoms with Crippen molar-refractivity contribution in [3.05, 3.63) is 11.8 Å². The van der Waals surface area contributed by atoms with Crippen molar-refractivity contribution in [2.24, 2.45) is 4.99 Å². The third-order valence-electron chi connectivity index (χ3n) is 2.71. The summed E-state index contributed by atoms with van der Waals surface area (Å²) in [6, 6.07) is 0. The van der Waals surface area contributed by atoms with Gasteiger partial charge in [-0.3, -0.25) is 9.89 Å². The van der Waals surface area contributed by atoms with Crippen LogP contribution in [0, 0.1) is 0 Å². The van der Waals surface area contributed by atoms with E-state index in [0.29, 0.717) is 0 Å². The van der Waals surface area contributed by atoms with E-state index in [2.05, 4.69) is 22.9 Å². The van der Waals surface area contributed by atoms with Gasteiger partial charge in [0.1, 0.15) is 0 Å². The predicted octanol–water partition coefficient (Wildman–Crippen LogP) is 1.46. The maximum absolute atomic E-state index is 5.31. The third-order valence-corrected chi connectivity index (χ3v) is 2.71. The molecule has 2 aliphatic rings. The van der Waals surface area contributed by atoms with Crippen LogP contribution in [0.2, 0.25) is 0 Å². The van der Waals surface area contributed by atoms with Crippen LogP contribution in [-0.4, -0.2) is 43.5 Å². The Labute approximate surface area is 85.5 Å². The van der Waals surface area contributed by atoms with Crippen LogP contribution in [0.1, 0.15) is 19.8 Å². The van der Waals surface area contributed by atoms with Gasteiger partial charge in [-0.05, 0) is 19.8 Å². The van der Waals surface area contributed by atoms with Crippen molar-refractivity contribution in [3.8, 4) is 0 Å². The Morgan fingerprint density at radius 2 is 2.21 bits per heavy atom. The van der Waals surface area contributed by atoms with Gasteiger partial charge in [0.2, 0.25) is 0 Å². The molecule has 0 amide bonds. The zero-order valence-electron chi connectivity index (χ0n) is 8.83. The summed E-state index contributed by atoms with van der Waals surface area (Å²) in [5.41, 5.74) is 2.52. The Kier molecular flexibility index (Phi) is 3.32. The first kappa shape index (κ1) is 9.87. The summed E-state index contributed by atoms with van der Waals surface area (Å²) in [5, 5.41) is 0. The van der Waals surface area contributed by atoms with Gasteiger partial charge in [-0.15, -0.1) is 0 Å². The van der Waals surface area contributed by atoms with E-state index in [9.17, 15) is 0 Å². The molecule has 0 unspecified atom stereocenters.